The minimum Gasteiger partial charge on any atom is -0.491 e. The van der Waals surface area contributed by atoms with Crippen molar-refractivity contribution in [2.75, 3.05) is 13.2 Å². The van der Waals surface area contributed by atoms with E-state index in [4.69, 9.17) is 4.74 Å². The van der Waals surface area contributed by atoms with Crippen molar-refractivity contribution in [1.82, 2.24) is 15.5 Å². The number of aromatic nitrogens is 2. The zero-order valence-corrected chi connectivity index (χ0v) is 15.0. The fourth-order valence-electron chi connectivity index (χ4n) is 2.61. The van der Waals surface area contributed by atoms with Gasteiger partial charge in [0.25, 0.3) is 5.91 Å². The monoisotopic (exact) mass is 349 g/mol. The minimum atomic E-state index is -0.201. The van der Waals surface area contributed by atoms with Crippen LogP contribution in [0.15, 0.2) is 60.7 Å². The van der Waals surface area contributed by atoms with Crippen molar-refractivity contribution in [3.05, 3.63) is 72.1 Å². The second-order valence-electron chi connectivity index (χ2n) is 6.33. The van der Waals surface area contributed by atoms with E-state index in [0.29, 0.717) is 24.8 Å². The Hall–Kier alpha value is -3.08. The van der Waals surface area contributed by atoms with E-state index in [9.17, 15) is 4.79 Å². The number of ether oxygens (including phenoxy) is 1. The first kappa shape index (κ1) is 17.7. The minimum absolute atomic E-state index is 0.201. The molecule has 0 aliphatic carbocycles. The van der Waals surface area contributed by atoms with Crippen molar-refractivity contribution in [3.63, 3.8) is 0 Å². The van der Waals surface area contributed by atoms with Gasteiger partial charge in [-0.3, -0.25) is 9.89 Å². The summed E-state index contributed by atoms with van der Waals surface area (Å²) in [5.74, 6) is 0.907. The van der Waals surface area contributed by atoms with Crippen LogP contribution in [0.2, 0.25) is 0 Å². The molecule has 0 atom stereocenters. The van der Waals surface area contributed by atoms with Crippen LogP contribution in [0.1, 0.15) is 35.9 Å². The Morgan fingerprint density at radius 3 is 2.58 bits per heavy atom. The predicted octanol–water partition coefficient (Wildman–Crippen LogP) is 4.01. The summed E-state index contributed by atoms with van der Waals surface area (Å²) in [4.78, 5) is 12.1. The molecule has 1 heterocycles. The summed E-state index contributed by atoms with van der Waals surface area (Å²) < 4.78 is 5.88. The first-order valence-electron chi connectivity index (χ1n) is 8.76. The van der Waals surface area contributed by atoms with Gasteiger partial charge in [-0.25, -0.2) is 0 Å². The lowest BCUT2D eigenvalue weighted by Gasteiger charge is -2.12. The SMILES string of the molecule is CC(C)c1cc(C(=O)NCCOc2ccccc2-c2ccccc2)n[nH]1. The first-order chi connectivity index (χ1) is 12.6. The van der Waals surface area contributed by atoms with Gasteiger partial charge in [-0.05, 0) is 23.6 Å². The fraction of sp³-hybridized carbons (Fsp3) is 0.238. The highest BCUT2D eigenvalue weighted by Gasteiger charge is 2.12. The Kier molecular flexibility index (Phi) is 5.69. The van der Waals surface area contributed by atoms with Gasteiger partial charge in [-0.2, -0.15) is 5.10 Å². The highest BCUT2D eigenvalue weighted by molar-refractivity contribution is 5.92. The highest BCUT2D eigenvalue weighted by atomic mass is 16.5. The lowest BCUT2D eigenvalue weighted by atomic mass is 10.1. The molecule has 5 heteroatoms. The number of H-pyrrole nitrogens is 1. The number of hydrogen-bond donors (Lipinski definition) is 2. The van der Waals surface area contributed by atoms with Gasteiger partial charge in [0.1, 0.15) is 18.1 Å². The molecule has 1 aromatic heterocycles. The average Bonchev–Trinajstić information content (AvgIpc) is 3.17. The van der Waals surface area contributed by atoms with Crippen molar-refractivity contribution in [2.45, 2.75) is 19.8 Å². The van der Waals surface area contributed by atoms with E-state index < -0.39 is 0 Å². The Labute approximate surface area is 153 Å². The predicted molar refractivity (Wildman–Crippen MR) is 102 cm³/mol. The van der Waals surface area contributed by atoms with Gasteiger partial charge < -0.3 is 10.1 Å². The maximum atomic E-state index is 12.1. The molecule has 0 aliphatic rings. The van der Waals surface area contributed by atoms with Crippen molar-refractivity contribution in [2.24, 2.45) is 0 Å². The standard InChI is InChI=1S/C21H23N3O2/c1-15(2)18-14-19(24-23-18)21(25)22-12-13-26-20-11-7-6-10-17(20)16-8-4-3-5-9-16/h3-11,14-15H,12-13H2,1-2H3,(H,22,25)(H,23,24). The van der Waals surface area contributed by atoms with Crippen LogP contribution in [0.3, 0.4) is 0 Å². The normalized spacial score (nSPS) is 10.7. The molecule has 0 radical (unpaired) electrons. The van der Waals surface area contributed by atoms with Crippen LogP contribution in [-0.4, -0.2) is 29.3 Å². The van der Waals surface area contributed by atoms with E-state index in [1.165, 1.54) is 0 Å². The first-order valence-corrected chi connectivity index (χ1v) is 8.76. The number of aromatic amines is 1. The van der Waals surface area contributed by atoms with Gasteiger partial charge in [-0.1, -0.05) is 62.4 Å². The molecule has 3 rings (SSSR count). The number of para-hydroxylation sites is 1. The van der Waals surface area contributed by atoms with Crippen molar-refractivity contribution in [1.29, 1.82) is 0 Å². The van der Waals surface area contributed by atoms with E-state index in [0.717, 1.165) is 22.6 Å². The number of rotatable bonds is 7. The number of amides is 1. The van der Waals surface area contributed by atoms with Crippen LogP contribution in [0.4, 0.5) is 0 Å². The molecule has 2 N–H and O–H groups in total. The average molecular weight is 349 g/mol. The number of benzene rings is 2. The topological polar surface area (TPSA) is 67.0 Å². The molecule has 0 saturated heterocycles. The number of carbonyl (C=O) groups is 1. The second kappa shape index (κ2) is 8.34. The lowest BCUT2D eigenvalue weighted by molar-refractivity contribution is 0.0942. The van der Waals surface area contributed by atoms with Crippen LogP contribution < -0.4 is 10.1 Å². The summed E-state index contributed by atoms with van der Waals surface area (Å²) in [6, 6.07) is 19.8. The molecule has 5 nitrogen and oxygen atoms in total. The molecule has 0 saturated carbocycles. The third-order valence-electron chi connectivity index (χ3n) is 4.07. The van der Waals surface area contributed by atoms with Crippen LogP contribution in [0.25, 0.3) is 11.1 Å². The number of nitrogens with one attached hydrogen (secondary N) is 2. The van der Waals surface area contributed by atoms with Crippen molar-refractivity contribution in [3.8, 4) is 16.9 Å². The summed E-state index contributed by atoms with van der Waals surface area (Å²) >= 11 is 0. The maximum absolute atomic E-state index is 12.1. The summed E-state index contributed by atoms with van der Waals surface area (Å²) in [5, 5.41) is 9.77. The summed E-state index contributed by atoms with van der Waals surface area (Å²) in [7, 11) is 0. The molecule has 0 unspecified atom stereocenters. The summed E-state index contributed by atoms with van der Waals surface area (Å²) in [6.07, 6.45) is 0. The molecule has 0 fully saturated rings. The Morgan fingerprint density at radius 2 is 1.85 bits per heavy atom. The molecule has 3 aromatic rings. The largest absolute Gasteiger partial charge is 0.491 e. The number of hydrogen-bond acceptors (Lipinski definition) is 3. The molecule has 0 bridgehead atoms. The number of carbonyl (C=O) groups excluding carboxylic acids is 1. The van der Waals surface area contributed by atoms with Gasteiger partial charge in [0.15, 0.2) is 0 Å². The van der Waals surface area contributed by atoms with Gasteiger partial charge >= 0.3 is 0 Å². The molecule has 0 spiro atoms. The zero-order chi connectivity index (χ0) is 18.4. The lowest BCUT2D eigenvalue weighted by Crippen LogP contribution is -2.28. The summed E-state index contributed by atoms with van der Waals surface area (Å²) in [6.45, 7) is 4.89. The van der Waals surface area contributed by atoms with Crippen LogP contribution in [-0.2, 0) is 0 Å². The van der Waals surface area contributed by atoms with Crippen LogP contribution in [0, 0.1) is 0 Å². The third-order valence-corrected chi connectivity index (χ3v) is 4.07. The van der Waals surface area contributed by atoms with Gasteiger partial charge in [0.2, 0.25) is 0 Å². The van der Waals surface area contributed by atoms with Crippen LogP contribution >= 0.6 is 0 Å². The second-order valence-corrected chi connectivity index (χ2v) is 6.33. The van der Waals surface area contributed by atoms with Crippen molar-refractivity contribution >= 4 is 5.91 Å². The molecular weight excluding hydrogens is 326 g/mol. The van der Waals surface area contributed by atoms with E-state index >= 15 is 0 Å². The van der Waals surface area contributed by atoms with Gasteiger partial charge in [0.05, 0.1) is 6.54 Å². The molecule has 0 aliphatic heterocycles. The van der Waals surface area contributed by atoms with E-state index in [-0.39, 0.29) is 5.91 Å². The Balaban J connectivity index is 1.55. The Morgan fingerprint density at radius 1 is 1.12 bits per heavy atom. The molecular formula is C21H23N3O2. The van der Waals surface area contributed by atoms with Gasteiger partial charge in [-0.15, -0.1) is 0 Å². The summed E-state index contributed by atoms with van der Waals surface area (Å²) in [5.41, 5.74) is 3.49. The van der Waals surface area contributed by atoms with E-state index in [2.05, 4.69) is 15.5 Å². The maximum Gasteiger partial charge on any atom is 0.271 e. The smallest absolute Gasteiger partial charge is 0.271 e. The third kappa shape index (κ3) is 4.30. The van der Waals surface area contributed by atoms with Crippen LogP contribution in [0.5, 0.6) is 5.75 Å². The Bertz CT molecular complexity index is 856. The van der Waals surface area contributed by atoms with E-state index in [1.54, 1.807) is 6.07 Å². The molecule has 1 amide bonds. The van der Waals surface area contributed by atoms with E-state index in [1.807, 2.05) is 68.4 Å². The fourth-order valence-corrected chi connectivity index (χ4v) is 2.61. The molecule has 26 heavy (non-hydrogen) atoms. The molecule has 2 aromatic carbocycles. The van der Waals surface area contributed by atoms with Crippen molar-refractivity contribution < 1.29 is 9.53 Å². The van der Waals surface area contributed by atoms with Gasteiger partial charge in [0, 0.05) is 11.3 Å². The quantitative estimate of drug-likeness (QED) is 0.633. The number of nitrogens with zero attached hydrogens (tertiary/aromatic N) is 1. The highest BCUT2D eigenvalue weighted by Crippen LogP contribution is 2.29. The molecule has 134 valence electrons. The zero-order valence-electron chi connectivity index (χ0n) is 15.0.